The van der Waals surface area contributed by atoms with Crippen LogP contribution in [-0.2, 0) is 11.2 Å². The molecule has 0 fully saturated rings. The zero-order valence-electron chi connectivity index (χ0n) is 16.2. The Hall–Kier alpha value is -3.00. The van der Waals surface area contributed by atoms with Crippen molar-refractivity contribution in [1.29, 1.82) is 0 Å². The minimum atomic E-state index is -0.0430. The van der Waals surface area contributed by atoms with Crippen LogP contribution in [0.1, 0.15) is 30.0 Å². The Morgan fingerprint density at radius 1 is 1.24 bits per heavy atom. The Morgan fingerprint density at radius 3 is 2.90 bits per heavy atom. The van der Waals surface area contributed by atoms with Crippen LogP contribution in [0.25, 0.3) is 11.4 Å². The molecule has 1 aliphatic carbocycles. The second-order valence-electron chi connectivity index (χ2n) is 6.88. The van der Waals surface area contributed by atoms with Crippen molar-refractivity contribution >= 4 is 17.7 Å². The van der Waals surface area contributed by atoms with Gasteiger partial charge in [0.25, 0.3) is 0 Å². The van der Waals surface area contributed by atoms with Gasteiger partial charge in [-0.3, -0.25) is 4.79 Å². The third kappa shape index (κ3) is 4.07. The number of benzene rings is 2. The minimum absolute atomic E-state index is 0.0430. The monoisotopic (exact) mass is 409 g/mol. The Labute approximate surface area is 173 Å². The number of aromatic nitrogens is 3. The van der Waals surface area contributed by atoms with Crippen LogP contribution < -0.4 is 15.9 Å². The molecule has 1 aromatic heterocycles. The van der Waals surface area contributed by atoms with Crippen molar-refractivity contribution in [1.82, 2.24) is 20.2 Å². The number of ether oxygens (including phenoxy) is 1. The van der Waals surface area contributed by atoms with E-state index >= 15 is 0 Å². The molecule has 0 saturated heterocycles. The molecule has 8 heteroatoms. The lowest BCUT2D eigenvalue weighted by Crippen LogP contribution is -2.32. The average Bonchev–Trinajstić information content (AvgIpc) is 3.12. The van der Waals surface area contributed by atoms with E-state index in [-0.39, 0.29) is 17.7 Å². The van der Waals surface area contributed by atoms with E-state index in [1.807, 2.05) is 36.4 Å². The molecular formula is C21H23N5O2S. The van der Waals surface area contributed by atoms with E-state index < -0.39 is 0 Å². The second kappa shape index (κ2) is 8.57. The molecule has 1 amide bonds. The van der Waals surface area contributed by atoms with E-state index in [0.29, 0.717) is 16.7 Å². The van der Waals surface area contributed by atoms with Crippen molar-refractivity contribution in [2.45, 2.75) is 30.5 Å². The van der Waals surface area contributed by atoms with Crippen molar-refractivity contribution in [2.75, 3.05) is 18.7 Å². The van der Waals surface area contributed by atoms with Crippen LogP contribution in [0.4, 0.5) is 0 Å². The van der Waals surface area contributed by atoms with Crippen molar-refractivity contribution < 1.29 is 9.53 Å². The first-order chi connectivity index (χ1) is 14.2. The predicted octanol–water partition coefficient (Wildman–Crippen LogP) is 2.95. The van der Waals surface area contributed by atoms with Crippen LogP contribution >= 0.6 is 11.8 Å². The summed E-state index contributed by atoms with van der Waals surface area (Å²) in [5.74, 6) is 7.51. The van der Waals surface area contributed by atoms with E-state index in [9.17, 15) is 4.79 Å². The fraction of sp³-hybridized carbons (Fsp3) is 0.286. The number of nitrogen functional groups attached to an aromatic ring is 1. The minimum Gasteiger partial charge on any atom is -0.496 e. The van der Waals surface area contributed by atoms with Crippen LogP contribution in [0.15, 0.2) is 53.7 Å². The van der Waals surface area contributed by atoms with Crippen molar-refractivity contribution in [2.24, 2.45) is 0 Å². The quantitative estimate of drug-likeness (QED) is 0.480. The second-order valence-corrected chi connectivity index (χ2v) is 7.82. The van der Waals surface area contributed by atoms with Crippen LogP contribution in [0, 0.1) is 0 Å². The summed E-state index contributed by atoms with van der Waals surface area (Å²) < 4.78 is 6.76. The first kappa shape index (κ1) is 19.3. The number of nitrogens with two attached hydrogens (primary N) is 1. The number of carbonyl (C=O) groups excluding carboxylic acids is 1. The molecule has 150 valence electrons. The standard InChI is InChI=1S/C21H23N5O2S/c1-28-18-12-5-4-10-16(18)20-24-25-21(26(20)22)29-13-19(27)23-17-11-6-8-14-7-2-3-9-15(14)17/h2-5,7,9-10,12,17H,6,8,11,13,22H2,1H3,(H,23,27). The fourth-order valence-electron chi connectivity index (χ4n) is 3.66. The van der Waals surface area contributed by atoms with Crippen LogP contribution in [0.5, 0.6) is 5.75 Å². The molecule has 1 heterocycles. The van der Waals surface area contributed by atoms with E-state index in [0.717, 1.165) is 24.8 Å². The molecule has 3 aromatic rings. The van der Waals surface area contributed by atoms with Crippen molar-refractivity contribution in [3.05, 3.63) is 59.7 Å². The summed E-state index contributed by atoms with van der Waals surface area (Å²) in [6.45, 7) is 0. The number of nitrogens with one attached hydrogen (secondary N) is 1. The smallest absolute Gasteiger partial charge is 0.230 e. The van der Waals surface area contributed by atoms with Crippen LogP contribution in [0.2, 0.25) is 0 Å². The lowest BCUT2D eigenvalue weighted by atomic mass is 9.88. The van der Waals surface area contributed by atoms with Gasteiger partial charge in [-0.2, -0.15) is 0 Å². The Morgan fingerprint density at radius 2 is 2.03 bits per heavy atom. The number of amides is 1. The summed E-state index contributed by atoms with van der Waals surface area (Å²) >= 11 is 1.27. The molecule has 0 saturated carbocycles. The highest BCUT2D eigenvalue weighted by Crippen LogP contribution is 2.31. The molecule has 0 radical (unpaired) electrons. The number of fused-ring (bicyclic) bond motifs is 1. The molecule has 0 aliphatic heterocycles. The number of hydrogen-bond donors (Lipinski definition) is 2. The zero-order valence-corrected chi connectivity index (χ0v) is 17.0. The van der Waals surface area contributed by atoms with Gasteiger partial charge in [0.05, 0.1) is 24.5 Å². The first-order valence-electron chi connectivity index (χ1n) is 9.51. The van der Waals surface area contributed by atoms with Gasteiger partial charge < -0.3 is 15.9 Å². The SMILES string of the molecule is COc1ccccc1-c1nnc(SCC(=O)NC2CCCc3ccccc32)n1N. The predicted molar refractivity (Wildman–Crippen MR) is 113 cm³/mol. The van der Waals surface area contributed by atoms with Gasteiger partial charge in [0.2, 0.25) is 11.1 Å². The number of nitrogens with zero attached hydrogens (tertiary/aromatic N) is 3. The largest absolute Gasteiger partial charge is 0.496 e. The summed E-state index contributed by atoms with van der Waals surface area (Å²) in [5.41, 5.74) is 3.29. The van der Waals surface area contributed by atoms with Gasteiger partial charge in [-0.25, -0.2) is 4.68 Å². The zero-order chi connectivity index (χ0) is 20.2. The molecule has 7 nitrogen and oxygen atoms in total. The Kier molecular flexibility index (Phi) is 5.71. The summed E-state index contributed by atoms with van der Waals surface area (Å²) in [4.78, 5) is 12.5. The lowest BCUT2D eigenvalue weighted by Gasteiger charge is -2.26. The van der Waals surface area contributed by atoms with E-state index in [4.69, 9.17) is 10.6 Å². The highest BCUT2D eigenvalue weighted by Gasteiger charge is 2.22. The number of hydrogen-bond acceptors (Lipinski definition) is 6. The van der Waals surface area contributed by atoms with Gasteiger partial charge >= 0.3 is 0 Å². The molecule has 2 aromatic carbocycles. The molecule has 3 N–H and O–H groups in total. The summed E-state index contributed by atoms with van der Waals surface area (Å²) in [6.07, 6.45) is 3.10. The Balaban J connectivity index is 1.41. The molecular weight excluding hydrogens is 386 g/mol. The third-order valence-electron chi connectivity index (χ3n) is 5.05. The van der Waals surface area contributed by atoms with Gasteiger partial charge in [0.1, 0.15) is 5.75 Å². The van der Waals surface area contributed by atoms with E-state index in [1.54, 1.807) is 7.11 Å². The van der Waals surface area contributed by atoms with Crippen LogP contribution in [0.3, 0.4) is 0 Å². The molecule has 0 bridgehead atoms. The maximum absolute atomic E-state index is 12.5. The van der Waals surface area contributed by atoms with Gasteiger partial charge in [0, 0.05) is 0 Å². The lowest BCUT2D eigenvalue weighted by molar-refractivity contribution is -0.119. The average molecular weight is 410 g/mol. The topological polar surface area (TPSA) is 95.1 Å². The van der Waals surface area contributed by atoms with Crippen molar-refractivity contribution in [3.63, 3.8) is 0 Å². The number of methoxy groups -OCH3 is 1. The number of aryl methyl sites for hydroxylation is 1. The third-order valence-corrected chi connectivity index (χ3v) is 5.99. The van der Waals surface area contributed by atoms with Crippen molar-refractivity contribution in [3.8, 4) is 17.1 Å². The number of carbonyl (C=O) groups is 1. The molecule has 4 rings (SSSR count). The molecule has 0 spiro atoms. The molecule has 1 unspecified atom stereocenters. The van der Waals surface area contributed by atoms with Gasteiger partial charge in [-0.1, -0.05) is 48.2 Å². The molecule has 1 atom stereocenters. The normalized spacial score (nSPS) is 15.6. The molecule has 29 heavy (non-hydrogen) atoms. The maximum atomic E-state index is 12.5. The Bertz CT molecular complexity index is 1020. The van der Waals surface area contributed by atoms with E-state index in [2.05, 4.69) is 27.6 Å². The van der Waals surface area contributed by atoms with E-state index in [1.165, 1.54) is 27.6 Å². The first-order valence-corrected chi connectivity index (χ1v) is 10.5. The fourth-order valence-corrected chi connectivity index (χ4v) is 4.33. The summed E-state index contributed by atoms with van der Waals surface area (Å²) in [7, 11) is 1.60. The van der Waals surface area contributed by atoms with Gasteiger partial charge in [0.15, 0.2) is 5.82 Å². The highest BCUT2D eigenvalue weighted by atomic mass is 32.2. The summed E-state index contributed by atoms with van der Waals surface area (Å²) in [6, 6.07) is 15.8. The highest BCUT2D eigenvalue weighted by molar-refractivity contribution is 7.99. The maximum Gasteiger partial charge on any atom is 0.230 e. The summed E-state index contributed by atoms with van der Waals surface area (Å²) in [5, 5.41) is 11.9. The number of thioether (sulfide) groups is 1. The number of rotatable bonds is 6. The van der Waals surface area contributed by atoms with Gasteiger partial charge in [-0.05, 0) is 42.5 Å². The van der Waals surface area contributed by atoms with Crippen LogP contribution in [-0.4, -0.2) is 33.6 Å². The molecule has 1 aliphatic rings. The van der Waals surface area contributed by atoms with Gasteiger partial charge in [-0.15, -0.1) is 10.2 Å². The number of para-hydroxylation sites is 1.